The van der Waals surface area contributed by atoms with E-state index in [1.165, 1.54) is 0 Å². The molecule has 0 bridgehead atoms. The molecule has 0 aliphatic carbocycles. The van der Waals surface area contributed by atoms with Gasteiger partial charge >= 0.3 is 5.97 Å². The number of rotatable bonds is 1. The van der Waals surface area contributed by atoms with E-state index in [9.17, 15) is 4.79 Å². The average Bonchev–Trinajstić information content (AvgIpc) is 2.03. The van der Waals surface area contributed by atoms with E-state index >= 15 is 0 Å². The number of hydrogen-bond acceptors (Lipinski definition) is 2. The van der Waals surface area contributed by atoms with E-state index in [4.69, 9.17) is 5.11 Å². The largest absolute Gasteiger partial charge is 0.478 e. The van der Waals surface area contributed by atoms with E-state index in [2.05, 4.69) is 4.90 Å². The fraction of sp³-hybridized carbons (Fsp3) is 0.667. The van der Waals surface area contributed by atoms with Crippen molar-refractivity contribution in [2.24, 2.45) is 0 Å². The Bertz CT molecular complexity index is 221. The second-order valence-electron chi connectivity index (χ2n) is 3.38. The minimum Gasteiger partial charge on any atom is -0.478 e. The van der Waals surface area contributed by atoms with Gasteiger partial charge in [0.05, 0.1) is 0 Å². The van der Waals surface area contributed by atoms with E-state index in [0.717, 1.165) is 31.5 Å². The molecule has 3 heteroatoms. The third-order valence-corrected chi connectivity index (χ3v) is 2.33. The van der Waals surface area contributed by atoms with Crippen LogP contribution < -0.4 is 0 Å². The molecule has 12 heavy (non-hydrogen) atoms. The highest BCUT2D eigenvalue weighted by molar-refractivity contribution is 5.86. The lowest BCUT2D eigenvalue weighted by atomic mass is 10.0. The van der Waals surface area contributed by atoms with Crippen molar-refractivity contribution in [1.29, 1.82) is 0 Å². The Morgan fingerprint density at radius 3 is 2.75 bits per heavy atom. The van der Waals surface area contributed by atoms with Crippen LogP contribution in [0.2, 0.25) is 0 Å². The van der Waals surface area contributed by atoms with Gasteiger partial charge in [-0.1, -0.05) is 0 Å². The monoisotopic (exact) mass is 169 g/mol. The molecule has 1 aliphatic rings. The van der Waals surface area contributed by atoms with Crippen molar-refractivity contribution in [3.8, 4) is 0 Å². The topological polar surface area (TPSA) is 40.5 Å². The molecular weight excluding hydrogens is 154 g/mol. The summed E-state index contributed by atoms with van der Waals surface area (Å²) >= 11 is 0. The van der Waals surface area contributed by atoms with Gasteiger partial charge in [-0.2, -0.15) is 0 Å². The third-order valence-electron chi connectivity index (χ3n) is 2.33. The van der Waals surface area contributed by atoms with Crippen molar-refractivity contribution in [3.63, 3.8) is 0 Å². The molecule has 3 nitrogen and oxygen atoms in total. The fourth-order valence-corrected chi connectivity index (χ4v) is 1.50. The minimum atomic E-state index is -0.777. The normalized spacial score (nSPS) is 23.8. The first kappa shape index (κ1) is 9.26. The lowest BCUT2D eigenvalue weighted by Crippen LogP contribution is -2.28. The maximum atomic E-state index is 10.6. The predicted molar refractivity (Wildman–Crippen MR) is 47.1 cm³/mol. The summed E-state index contributed by atoms with van der Waals surface area (Å²) in [6, 6.07) is 0. The Balaban J connectivity index is 2.72. The fourth-order valence-electron chi connectivity index (χ4n) is 1.50. The summed E-state index contributed by atoms with van der Waals surface area (Å²) in [6.45, 7) is 3.59. The highest BCUT2D eigenvalue weighted by Crippen LogP contribution is 2.17. The lowest BCUT2D eigenvalue weighted by molar-refractivity contribution is -0.132. The molecule has 1 heterocycles. The maximum Gasteiger partial charge on any atom is 0.331 e. The second kappa shape index (κ2) is 3.72. The first-order chi connectivity index (χ1) is 5.61. The summed E-state index contributed by atoms with van der Waals surface area (Å²) in [4.78, 5) is 12.8. The molecule has 0 saturated carbocycles. The van der Waals surface area contributed by atoms with Gasteiger partial charge in [-0.25, -0.2) is 4.79 Å². The van der Waals surface area contributed by atoms with Gasteiger partial charge in [0, 0.05) is 12.1 Å². The number of carboxylic acid groups (broad SMARTS) is 1. The Morgan fingerprint density at radius 1 is 1.58 bits per heavy atom. The van der Waals surface area contributed by atoms with Gasteiger partial charge < -0.3 is 10.0 Å². The molecule has 1 rings (SSSR count). The highest BCUT2D eigenvalue weighted by Gasteiger charge is 2.15. The van der Waals surface area contributed by atoms with E-state index in [1.54, 1.807) is 6.92 Å². The summed E-state index contributed by atoms with van der Waals surface area (Å²) in [7, 11) is 2.02. The second-order valence-corrected chi connectivity index (χ2v) is 3.38. The molecule has 0 aromatic carbocycles. The van der Waals surface area contributed by atoms with E-state index in [1.807, 2.05) is 7.05 Å². The molecular formula is C9H15NO2. The smallest absolute Gasteiger partial charge is 0.331 e. The van der Waals surface area contributed by atoms with Crippen molar-refractivity contribution >= 4 is 5.97 Å². The number of aliphatic carboxylic acids is 1. The van der Waals surface area contributed by atoms with Crippen LogP contribution in [0.1, 0.15) is 19.8 Å². The van der Waals surface area contributed by atoms with Gasteiger partial charge in [-0.05, 0) is 38.9 Å². The van der Waals surface area contributed by atoms with E-state index in [-0.39, 0.29) is 0 Å². The van der Waals surface area contributed by atoms with Crippen LogP contribution in [0.15, 0.2) is 11.1 Å². The zero-order valence-corrected chi connectivity index (χ0v) is 7.63. The number of likely N-dealkylation sites (tertiary alicyclic amines) is 1. The molecule has 68 valence electrons. The van der Waals surface area contributed by atoms with Crippen LogP contribution in [-0.4, -0.2) is 36.1 Å². The quantitative estimate of drug-likeness (QED) is 0.598. The van der Waals surface area contributed by atoms with Crippen molar-refractivity contribution < 1.29 is 9.90 Å². The first-order valence-electron chi connectivity index (χ1n) is 4.21. The van der Waals surface area contributed by atoms with Crippen molar-refractivity contribution in [2.45, 2.75) is 19.8 Å². The Kier molecular flexibility index (Phi) is 2.87. The highest BCUT2D eigenvalue weighted by atomic mass is 16.4. The number of likely N-dealkylation sites (N-methyl/N-ethyl adjacent to an activating group) is 1. The summed E-state index contributed by atoms with van der Waals surface area (Å²) in [5.74, 6) is -0.777. The SMILES string of the molecule is CC(C(=O)O)=C1CCCN(C)C1. The number of hydrogen-bond donors (Lipinski definition) is 1. The molecule has 0 spiro atoms. The summed E-state index contributed by atoms with van der Waals surface area (Å²) in [6.07, 6.45) is 2.03. The lowest BCUT2D eigenvalue weighted by Gasteiger charge is -2.25. The van der Waals surface area contributed by atoms with Gasteiger partial charge in [0.15, 0.2) is 0 Å². The Morgan fingerprint density at radius 2 is 2.25 bits per heavy atom. The molecule has 0 aromatic rings. The van der Waals surface area contributed by atoms with Gasteiger partial charge in [-0.3, -0.25) is 0 Å². The van der Waals surface area contributed by atoms with Gasteiger partial charge in [0.2, 0.25) is 0 Å². The number of nitrogens with zero attached hydrogens (tertiary/aromatic N) is 1. The summed E-state index contributed by atoms with van der Waals surface area (Å²) in [5.41, 5.74) is 1.61. The van der Waals surface area contributed by atoms with Crippen molar-refractivity contribution in [2.75, 3.05) is 20.1 Å². The Hall–Kier alpha value is -0.830. The molecule has 1 aliphatic heterocycles. The van der Waals surface area contributed by atoms with Crippen LogP contribution in [0.3, 0.4) is 0 Å². The standard InChI is InChI=1S/C9H15NO2/c1-7(9(11)12)8-4-3-5-10(2)6-8/h3-6H2,1-2H3,(H,11,12). The third kappa shape index (κ3) is 2.08. The predicted octanol–water partition coefficient (Wildman–Crippen LogP) is 1.11. The zero-order valence-electron chi connectivity index (χ0n) is 7.63. The van der Waals surface area contributed by atoms with E-state index in [0.29, 0.717) is 5.57 Å². The average molecular weight is 169 g/mol. The van der Waals surface area contributed by atoms with Crippen molar-refractivity contribution in [3.05, 3.63) is 11.1 Å². The van der Waals surface area contributed by atoms with Crippen LogP contribution in [0.4, 0.5) is 0 Å². The maximum absolute atomic E-state index is 10.6. The van der Waals surface area contributed by atoms with Crippen LogP contribution in [-0.2, 0) is 4.79 Å². The molecule has 0 aromatic heterocycles. The molecule has 1 saturated heterocycles. The van der Waals surface area contributed by atoms with Crippen LogP contribution in [0, 0.1) is 0 Å². The van der Waals surface area contributed by atoms with Crippen LogP contribution >= 0.6 is 0 Å². The van der Waals surface area contributed by atoms with E-state index < -0.39 is 5.97 Å². The molecule has 0 unspecified atom stereocenters. The number of piperidine rings is 1. The zero-order chi connectivity index (χ0) is 9.14. The number of carbonyl (C=O) groups is 1. The van der Waals surface area contributed by atoms with Crippen LogP contribution in [0.5, 0.6) is 0 Å². The number of carboxylic acids is 1. The molecule has 0 atom stereocenters. The van der Waals surface area contributed by atoms with Gasteiger partial charge in [-0.15, -0.1) is 0 Å². The molecule has 0 radical (unpaired) electrons. The van der Waals surface area contributed by atoms with Crippen LogP contribution in [0.25, 0.3) is 0 Å². The summed E-state index contributed by atoms with van der Waals surface area (Å²) < 4.78 is 0. The Labute approximate surface area is 72.7 Å². The summed E-state index contributed by atoms with van der Waals surface area (Å²) in [5, 5.41) is 8.74. The van der Waals surface area contributed by atoms with Gasteiger partial charge in [0.25, 0.3) is 0 Å². The van der Waals surface area contributed by atoms with Gasteiger partial charge in [0.1, 0.15) is 0 Å². The van der Waals surface area contributed by atoms with Crippen molar-refractivity contribution in [1.82, 2.24) is 4.90 Å². The minimum absolute atomic E-state index is 0.529. The molecule has 1 fully saturated rings. The first-order valence-corrected chi connectivity index (χ1v) is 4.21. The molecule has 1 N–H and O–H groups in total. The molecule has 0 amide bonds.